The number of aromatic nitrogens is 2. The van der Waals surface area contributed by atoms with Crippen LogP contribution in [0.25, 0.3) is 0 Å². The number of hydrogen-bond acceptors (Lipinski definition) is 5. The SMILES string of the molecule is CCOC(=O)Oc1c(C)cnn1CC1CCC(NC(=O)c2cc(C(F)(F)F)ccc2Cl)CC1. The third-order valence-electron chi connectivity index (χ3n) is 5.56. The summed E-state index contributed by atoms with van der Waals surface area (Å²) in [5.74, 6) is -0.0513. The number of carbonyl (C=O) groups is 2. The van der Waals surface area contributed by atoms with Crippen molar-refractivity contribution in [3.05, 3.63) is 46.1 Å². The van der Waals surface area contributed by atoms with Crippen LogP contribution in [0.1, 0.15) is 54.1 Å². The minimum atomic E-state index is -4.56. The maximum absolute atomic E-state index is 13.0. The third kappa shape index (κ3) is 6.40. The Bertz CT molecular complexity index is 1000. The summed E-state index contributed by atoms with van der Waals surface area (Å²) in [7, 11) is 0. The van der Waals surface area contributed by atoms with Gasteiger partial charge in [-0.2, -0.15) is 18.3 Å². The number of ether oxygens (including phenoxy) is 2. The Morgan fingerprint density at radius 1 is 1.24 bits per heavy atom. The molecule has 1 fully saturated rings. The van der Waals surface area contributed by atoms with Gasteiger partial charge in [0.05, 0.1) is 29.0 Å². The highest BCUT2D eigenvalue weighted by Gasteiger charge is 2.32. The second-order valence-corrected chi connectivity index (χ2v) is 8.39. The quantitative estimate of drug-likeness (QED) is 0.552. The summed E-state index contributed by atoms with van der Waals surface area (Å²) < 4.78 is 50.6. The number of benzene rings is 1. The molecule has 0 radical (unpaired) electrons. The van der Waals surface area contributed by atoms with E-state index in [4.69, 9.17) is 21.1 Å². The van der Waals surface area contributed by atoms with E-state index in [0.29, 0.717) is 30.8 Å². The summed E-state index contributed by atoms with van der Waals surface area (Å²) in [4.78, 5) is 24.2. The van der Waals surface area contributed by atoms with E-state index in [0.717, 1.165) is 31.0 Å². The average molecular weight is 488 g/mol. The van der Waals surface area contributed by atoms with Crippen LogP contribution in [0.5, 0.6) is 5.88 Å². The Morgan fingerprint density at radius 2 is 1.94 bits per heavy atom. The van der Waals surface area contributed by atoms with Gasteiger partial charge in [0.25, 0.3) is 5.91 Å². The Labute approximate surface area is 194 Å². The predicted molar refractivity (Wildman–Crippen MR) is 114 cm³/mol. The number of rotatable bonds is 6. The van der Waals surface area contributed by atoms with E-state index < -0.39 is 23.8 Å². The van der Waals surface area contributed by atoms with Crippen LogP contribution in [0.4, 0.5) is 18.0 Å². The molecular formula is C22H25ClF3N3O4. The Morgan fingerprint density at radius 3 is 2.58 bits per heavy atom. The van der Waals surface area contributed by atoms with Crippen LogP contribution in [-0.2, 0) is 17.5 Å². The number of aryl methyl sites for hydroxylation is 1. The highest BCUT2D eigenvalue weighted by Crippen LogP contribution is 2.32. The molecule has 1 aliphatic rings. The highest BCUT2D eigenvalue weighted by molar-refractivity contribution is 6.33. The number of alkyl halides is 3. The zero-order valence-corrected chi connectivity index (χ0v) is 19.0. The molecule has 0 unspecified atom stereocenters. The molecule has 0 saturated heterocycles. The highest BCUT2D eigenvalue weighted by atomic mass is 35.5. The van der Waals surface area contributed by atoms with Gasteiger partial charge in [-0.3, -0.25) is 4.79 Å². The van der Waals surface area contributed by atoms with Crippen LogP contribution in [0, 0.1) is 12.8 Å². The Kier molecular flexibility index (Phi) is 7.88. The molecule has 180 valence electrons. The number of hydrogen-bond donors (Lipinski definition) is 1. The fraction of sp³-hybridized carbons (Fsp3) is 0.500. The van der Waals surface area contributed by atoms with Crippen LogP contribution in [0.3, 0.4) is 0 Å². The number of halogens is 4. The molecule has 1 heterocycles. The van der Waals surface area contributed by atoms with Gasteiger partial charge in [0.2, 0.25) is 5.88 Å². The van der Waals surface area contributed by atoms with Crippen LogP contribution in [0.15, 0.2) is 24.4 Å². The van der Waals surface area contributed by atoms with Crippen molar-refractivity contribution in [3.63, 3.8) is 0 Å². The number of nitrogens with one attached hydrogen (secondary N) is 1. The van der Waals surface area contributed by atoms with E-state index in [9.17, 15) is 22.8 Å². The summed E-state index contributed by atoms with van der Waals surface area (Å²) >= 11 is 5.96. The molecular weight excluding hydrogens is 463 g/mol. The summed E-state index contributed by atoms with van der Waals surface area (Å²) in [5, 5.41) is 7.04. The van der Waals surface area contributed by atoms with Crippen LogP contribution < -0.4 is 10.1 Å². The van der Waals surface area contributed by atoms with Gasteiger partial charge in [0.15, 0.2) is 0 Å². The molecule has 0 spiro atoms. The van der Waals surface area contributed by atoms with E-state index in [1.165, 1.54) is 0 Å². The van der Waals surface area contributed by atoms with Gasteiger partial charge in [-0.1, -0.05) is 11.6 Å². The normalized spacial score (nSPS) is 18.6. The van der Waals surface area contributed by atoms with Gasteiger partial charge >= 0.3 is 12.3 Å². The minimum absolute atomic E-state index is 0.0302. The molecule has 0 atom stereocenters. The number of carbonyl (C=O) groups excluding carboxylic acids is 2. The monoisotopic (exact) mass is 487 g/mol. The van der Waals surface area contributed by atoms with E-state index in [2.05, 4.69) is 10.4 Å². The van der Waals surface area contributed by atoms with Crippen molar-refractivity contribution in [2.24, 2.45) is 5.92 Å². The first-order valence-corrected chi connectivity index (χ1v) is 11.0. The largest absolute Gasteiger partial charge is 0.515 e. The van der Waals surface area contributed by atoms with Gasteiger partial charge in [0, 0.05) is 18.2 Å². The lowest BCUT2D eigenvalue weighted by Crippen LogP contribution is -2.38. The molecule has 3 rings (SSSR count). The molecule has 1 N–H and O–H groups in total. The Hall–Kier alpha value is -2.75. The molecule has 2 aromatic rings. The Balaban J connectivity index is 1.56. The molecule has 1 aliphatic carbocycles. The standard InChI is InChI=1S/C22H25ClF3N3O4/c1-3-32-21(31)33-20-13(2)11-27-29(20)12-14-4-7-16(8-5-14)28-19(30)17-10-15(22(24,25)26)6-9-18(17)23/h6,9-11,14,16H,3-5,7-8,12H2,1-2H3,(H,28,30). The maximum Gasteiger partial charge on any atom is 0.515 e. The molecule has 0 bridgehead atoms. The molecule has 0 aliphatic heterocycles. The zero-order valence-electron chi connectivity index (χ0n) is 18.2. The average Bonchev–Trinajstić information content (AvgIpc) is 3.08. The van der Waals surface area contributed by atoms with Gasteiger partial charge in [-0.15, -0.1) is 0 Å². The maximum atomic E-state index is 13.0. The third-order valence-corrected chi connectivity index (χ3v) is 5.89. The van der Waals surface area contributed by atoms with Crippen molar-refractivity contribution in [1.29, 1.82) is 0 Å². The lowest BCUT2D eigenvalue weighted by molar-refractivity contribution is -0.137. The smallest absolute Gasteiger partial charge is 0.434 e. The van der Waals surface area contributed by atoms with Crippen LogP contribution >= 0.6 is 11.6 Å². The molecule has 7 nitrogen and oxygen atoms in total. The van der Waals surface area contributed by atoms with Crippen molar-refractivity contribution in [2.75, 3.05) is 6.61 Å². The lowest BCUT2D eigenvalue weighted by atomic mass is 9.86. The molecule has 1 amide bonds. The van der Waals surface area contributed by atoms with Crippen LogP contribution in [-0.4, -0.2) is 34.5 Å². The first-order valence-electron chi connectivity index (χ1n) is 10.6. The van der Waals surface area contributed by atoms with Crippen LogP contribution in [0.2, 0.25) is 5.02 Å². The van der Waals surface area contributed by atoms with Crippen molar-refractivity contribution in [1.82, 2.24) is 15.1 Å². The molecule has 33 heavy (non-hydrogen) atoms. The zero-order chi connectivity index (χ0) is 24.2. The summed E-state index contributed by atoms with van der Waals surface area (Å²) in [6, 6.07) is 2.53. The second kappa shape index (κ2) is 10.5. The molecule has 1 aromatic carbocycles. The number of amides is 1. The van der Waals surface area contributed by atoms with E-state index in [-0.39, 0.29) is 29.2 Å². The molecule has 1 aromatic heterocycles. The minimum Gasteiger partial charge on any atom is -0.434 e. The van der Waals surface area contributed by atoms with Crippen molar-refractivity contribution in [3.8, 4) is 5.88 Å². The van der Waals surface area contributed by atoms with E-state index in [1.807, 2.05) is 0 Å². The topological polar surface area (TPSA) is 82.4 Å². The fourth-order valence-corrected chi connectivity index (χ4v) is 4.03. The van der Waals surface area contributed by atoms with Crippen molar-refractivity contribution < 1.29 is 32.2 Å². The van der Waals surface area contributed by atoms with Crippen molar-refractivity contribution in [2.45, 2.75) is 58.3 Å². The van der Waals surface area contributed by atoms with Crippen molar-refractivity contribution >= 4 is 23.7 Å². The molecule has 1 saturated carbocycles. The lowest BCUT2D eigenvalue weighted by Gasteiger charge is -2.29. The summed E-state index contributed by atoms with van der Waals surface area (Å²) in [6.07, 6.45) is -0.903. The van der Waals surface area contributed by atoms with Gasteiger partial charge in [0.1, 0.15) is 0 Å². The first kappa shape index (κ1) is 24.9. The summed E-state index contributed by atoms with van der Waals surface area (Å²) in [6.45, 7) is 4.20. The first-order chi connectivity index (χ1) is 15.6. The van der Waals surface area contributed by atoms with Gasteiger partial charge in [-0.05, 0) is 63.6 Å². The molecule has 11 heteroatoms. The van der Waals surface area contributed by atoms with Gasteiger partial charge < -0.3 is 14.8 Å². The van der Waals surface area contributed by atoms with E-state index >= 15 is 0 Å². The van der Waals surface area contributed by atoms with Gasteiger partial charge in [-0.25, -0.2) is 9.48 Å². The number of nitrogens with zero attached hydrogens (tertiary/aromatic N) is 2. The van der Waals surface area contributed by atoms with E-state index in [1.54, 1.807) is 24.7 Å². The predicted octanol–water partition coefficient (Wildman–Crippen LogP) is 5.39. The fourth-order valence-electron chi connectivity index (χ4n) is 3.83. The second-order valence-electron chi connectivity index (χ2n) is 7.98. The summed E-state index contributed by atoms with van der Waals surface area (Å²) in [5.41, 5.74) is -0.403.